The molecule has 6 heteroatoms. The van der Waals surface area contributed by atoms with Gasteiger partial charge in [-0.2, -0.15) is 0 Å². The molecular formula is C15H22BrN3O2. The molecule has 5 nitrogen and oxygen atoms in total. The number of amides is 1. The minimum atomic E-state index is 0.0533. The number of hydrogen-bond acceptors (Lipinski definition) is 4. The maximum Gasteiger partial charge on any atom is 0.255 e. The van der Waals surface area contributed by atoms with Gasteiger partial charge >= 0.3 is 0 Å². The highest BCUT2D eigenvalue weighted by atomic mass is 79.9. The number of aromatic nitrogens is 1. The summed E-state index contributed by atoms with van der Waals surface area (Å²) in [6, 6.07) is 2.09. The van der Waals surface area contributed by atoms with Crippen LogP contribution in [0.3, 0.4) is 0 Å². The lowest BCUT2D eigenvalue weighted by Gasteiger charge is -2.35. The molecule has 0 radical (unpaired) electrons. The standard InChI is InChI=1S/C15H22BrN3O2/c1-18(2)5-6-19(14-3-7-21-8-4-14)15(20)12-9-13(16)11-17-10-12/h9-11,14H,3-8H2,1-2H3. The molecule has 2 rings (SSSR count). The second-order valence-corrected chi connectivity index (χ2v) is 6.45. The van der Waals surface area contributed by atoms with Crippen LogP contribution in [0.25, 0.3) is 0 Å². The second kappa shape index (κ2) is 7.87. The zero-order valence-corrected chi connectivity index (χ0v) is 14.2. The van der Waals surface area contributed by atoms with Gasteiger partial charge in [0.2, 0.25) is 0 Å². The average molecular weight is 356 g/mol. The molecule has 1 saturated heterocycles. The Morgan fingerprint density at radius 1 is 1.33 bits per heavy atom. The van der Waals surface area contributed by atoms with Crippen molar-refractivity contribution in [2.75, 3.05) is 40.4 Å². The highest BCUT2D eigenvalue weighted by Crippen LogP contribution is 2.18. The van der Waals surface area contributed by atoms with Gasteiger partial charge in [0.25, 0.3) is 5.91 Å². The summed E-state index contributed by atoms with van der Waals surface area (Å²) in [5, 5.41) is 0. The highest BCUT2D eigenvalue weighted by molar-refractivity contribution is 9.10. The van der Waals surface area contributed by atoms with Crippen molar-refractivity contribution in [3.8, 4) is 0 Å². The third kappa shape index (κ3) is 4.76. The fourth-order valence-corrected chi connectivity index (χ4v) is 2.81. The molecule has 116 valence electrons. The molecule has 0 aromatic carbocycles. The SMILES string of the molecule is CN(C)CCN(C(=O)c1cncc(Br)c1)C1CCOCC1. The van der Waals surface area contributed by atoms with E-state index in [0.717, 1.165) is 43.6 Å². The number of carbonyl (C=O) groups excluding carboxylic acids is 1. The Labute approximate surface area is 134 Å². The van der Waals surface area contributed by atoms with E-state index >= 15 is 0 Å². The molecule has 0 aliphatic carbocycles. The first-order chi connectivity index (χ1) is 10.1. The van der Waals surface area contributed by atoms with Gasteiger partial charge in [0, 0.05) is 49.2 Å². The molecule has 1 aliphatic rings. The topological polar surface area (TPSA) is 45.7 Å². The van der Waals surface area contributed by atoms with Crippen molar-refractivity contribution in [3.63, 3.8) is 0 Å². The largest absolute Gasteiger partial charge is 0.381 e. The fourth-order valence-electron chi connectivity index (χ4n) is 2.45. The lowest BCUT2D eigenvalue weighted by molar-refractivity contribution is 0.0275. The third-order valence-corrected chi connectivity index (χ3v) is 4.07. The van der Waals surface area contributed by atoms with E-state index in [2.05, 4.69) is 25.8 Å². The van der Waals surface area contributed by atoms with Gasteiger partial charge in [-0.1, -0.05) is 0 Å². The van der Waals surface area contributed by atoms with Crippen LogP contribution in [-0.2, 0) is 4.74 Å². The summed E-state index contributed by atoms with van der Waals surface area (Å²) in [7, 11) is 4.04. The van der Waals surface area contributed by atoms with Gasteiger partial charge in [-0.3, -0.25) is 9.78 Å². The molecule has 21 heavy (non-hydrogen) atoms. The predicted octanol–water partition coefficient (Wildman–Crippen LogP) is 2.03. The molecule has 0 unspecified atom stereocenters. The minimum Gasteiger partial charge on any atom is -0.381 e. The van der Waals surface area contributed by atoms with Crippen LogP contribution in [0.5, 0.6) is 0 Å². The van der Waals surface area contributed by atoms with Crippen molar-refractivity contribution < 1.29 is 9.53 Å². The number of likely N-dealkylation sites (N-methyl/N-ethyl adjacent to an activating group) is 1. The Kier molecular flexibility index (Phi) is 6.14. The van der Waals surface area contributed by atoms with Crippen molar-refractivity contribution >= 4 is 21.8 Å². The molecule has 2 heterocycles. The van der Waals surface area contributed by atoms with E-state index in [9.17, 15) is 4.79 Å². The fraction of sp³-hybridized carbons (Fsp3) is 0.600. The van der Waals surface area contributed by atoms with Crippen molar-refractivity contribution in [2.45, 2.75) is 18.9 Å². The minimum absolute atomic E-state index is 0.0533. The Morgan fingerprint density at radius 2 is 2.05 bits per heavy atom. The Hall–Kier alpha value is -0.980. The van der Waals surface area contributed by atoms with Crippen molar-refractivity contribution in [3.05, 3.63) is 28.5 Å². The zero-order chi connectivity index (χ0) is 15.2. The second-order valence-electron chi connectivity index (χ2n) is 5.54. The average Bonchev–Trinajstić information content (AvgIpc) is 2.48. The van der Waals surface area contributed by atoms with Gasteiger partial charge < -0.3 is 14.5 Å². The van der Waals surface area contributed by atoms with E-state index in [4.69, 9.17) is 4.74 Å². The normalized spacial score (nSPS) is 16.2. The maximum atomic E-state index is 12.8. The Bertz CT molecular complexity index is 476. The van der Waals surface area contributed by atoms with E-state index in [1.54, 1.807) is 12.4 Å². The number of nitrogens with zero attached hydrogens (tertiary/aromatic N) is 3. The van der Waals surface area contributed by atoms with Gasteiger partial charge in [0.05, 0.1) is 5.56 Å². The molecular weight excluding hydrogens is 334 g/mol. The zero-order valence-electron chi connectivity index (χ0n) is 12.6. The molecule has 0 bridgehead atoms. The van der Waals surface area contributed by atoms with E-state index in [0.29, 0.717) is 5.56 Å². The first-order valence-corrected chi connectivity index (χ1v) is 8.01. The highest BCUT2D eigenvalue weighted by Gasteiger charge is 2.26. The van der Waals surface area contributed by atoms with Crippen LogP contribution >= 0.6 is 15.9 Å². The lowest BCUT2D eigenvalue weighted by Crippen LogP contribution is -2.46. The van der Waals surface area contributed by atoms with Crippen molar-refractivity contribution in [1.82, 2.24) is 14.8 Å². The summed E-state index contributed by atoms with van der Waals surface area (Å²) in [6.45, 7) is 3.04. The first kappa shape index (κ1) is 16.4. The number of carbonyl (C=O) groups is 1. The maximum absolute atomic E-state index is 12.8. The van der Waals surface area contributed by atoms with Crippen LogP contribution in [0.2, 0.25) is 0 Å². The van der Waals surface area contributed by atoms with Crippen LogP contribution < -0.4 is 0 Å². The van der Waals surface area contributed by atoms with Crippen LogP contribution in [0.4, 0.5) is 0 Å². The molecule has 0 saturated carbocycles. The molecule has 0 N–H and O–H groups in total. The molecule has 1 aromatic heterocycles. The van der Waals surface area contributed by atoms with E-state index in [1.807, 2.05) is 25.1 Å². The number of ether oxygens (including phenoxy) is 1. The summed E-state index contributed by atoms with van der Waals surface area (Å²) in [5.74, 6) is 0.0533. The van der Waals surface area contributed by atoms with Crippen LogP contribution in [-0.4, -0.2) is 67.1 Å². The molecule has 1 aromatic rings. The van der Waals surface area contributed by atoms with E-state index < -0.39 is 0 Å². The van der Waals surface area contributed by atoms with Gasteiger partial charge in [-0.05, 0) is 48.9 Å². The molecule has 1 aliphatic heterocycles. The molecule has 1 amide bonds. The summed E-state index contributed by atoms with van der Waals surface area (Å²) in [4.78, 5) is 21.0. The van der Waals surface area contributed by atoms with Crippen LogP contribution in [0.15, 0.2) is 22.9 Å². The van der Waals surface area contributed by atoms with Crippen LogP contribution in [0.1, 0.15) is 23.2 Å². The number of halogens is 1. The monoisotopic (exact) mass is 355 g/mol. The van der Waals surface area contributed by atoms with Crippen LogP contribution in [0, 0.1) is 0 Å². The quantitative estimate of drug-likeness (QED) is 0.810. The third-order valence-electron chi connectivity index (χ3n) is 3.63. The van der Waals surface area contributed by atoms with Crippen molar-refractivity contribution in [2.24, 2.45) is 0 Å². The van der Waals surface area contributed by atoms with Crippen molar-refractivity contribution in [1.29, 1.82) is 0 Å². The lowest BCUT2D eigenvalue weighted by atomic mass is 10.1. The smallest absolute Gasteiger partial charge is 0.255 e. The summed E-state index contributed by atoms with van der Waals surface area (Å²) in [6.07, 6.45) is 5.13. The van der Waals surface area contributed by atoms with E-state index in [1.165, 1.54) is 0 Å². The summed E-state index contributed by atoms with van der Waals surface area (Å²) >= 11 is 3.38. The Morgan fingerprint density at radius 3 is 2.67 bits per heavy atom. The number of hydrogen-bond donors (Lipinski definition) is 0. The Balaban J connectivity index is 2.14. The number of pyridine rings is 1. The van der Waals surface area contributed by atoms with E-state index in [-0.39, 0.29) is 11.9 Å². The van der Waals surface area contributed by atoms with Gasteiger partial charge in [-0.15, -0.1) is 0 Å². The summed E-state index contributed by atoms with van der Waals surface area (Å²) < 4.78 is 6.24. The molecule has 1 fully saturated rings. The van der Waals surface area contributed by atoms with Gasteiger partial charge in [-0.25, -0.2) is 0 Å². The van der Waals surface area contributed by atoms with Gasteiger partial charge in [0.1, 0.15) is 0 Å². The number of rotatable bonds is 5. The molecule has 0 atom stereocenters. The van der Waals surface area contributed by atoms with Gasteiger partial charge in [0.15, 0.2) is 0 Å². The molecule has 0 spiro atoms. The summed E-state index contributed by atoms with van der Waals surface area (Å²) in [5.41, 5.74) is 0.634. The predicted molar refractivity (Wildman–Crippen MR) is 85.4 cm³/mol. The first-order valence-electron chi connectivity index (χ1n) is 7.22.